The van der Waals surface area contributed by atoms with Gasteiger partial charge < -0.3 is 14.4 Å². The lowest BCUT2D eigenvalue weighted by atomic mass is 10.2. The molecule has 156 valence electrons. The average molecular weight is 415 g/mol. The van der Waals surface area contributed by atoms with E-state index < -0.39 is 0 Å². The van der Waals surface area contributed by atoms with Crippen molar-refractivity contribution in [3.8, 4) is 5.69 Å². The average Bonchev–Trinajstić information content (AvgIpc) is 3.22. The Balaban J connectivity index is 1.49. The third kappa shape index (κ3) is 3.33. The number of amides is 1. The summed E-state index contributed by atoms with van der Waals surface area (Å²) in [6.45, 7) is 2.43. The van der Waals surface area contributed by atoms with Gasteiger partial charge in [0, 0.05) is 39.4 Å². The van der Waals surface area contributed by atoms with Gasteiger partial charge in [-0.25, -0.2) is 14.6 Å². The first-order chi connectivity index (χ1) is 15.1. The van der Waals surface area contributed by atoms with E-state index in [1.54, 1.807) is 18.1 Å². The standard InChI is InChI=1S/C22H21N7O2/c1-26-15-24-18-19(25-29(20(18)22(26)31)16-7-3-2-4-8-16)21(30)28-13-11-27(12-14-28)17-9-5-6-10-23-17/h2-10,15H,11-14H2,1H3. The zero-order valence-electron chi connectivity index (χ0n) is 17.0. The van der Waals surface area contributed by atoms with Gasteiger partial charge in [-0.1, -0.05) is 24.3 Å². The van der Waals surface area contributed by atoms with Gasteiger partial charge in [0.25, 0.3) is 11.5 Å². The third-order valence-corrected chi connectivity index (χ3v) is 5.49. The molecule has 31 heavy (non-hydrogen) atoms. The molecule has 9 heteroatoms. The Morgan fingerprint density at radius 3 is 2.39 bits per heavy atom. The van der Waals surface area contributed by atoms with E-state index in [1.807, 2.05) is 48.5 Å². The summed E-state index contributed by atoms with van der Waals surface area (Å²) >= 11 is 0. The fourth-order valence-electron chi connectivity index (χ4n) is 3.82. The lowest BCUT2D eigenvalue weighted by molar-refractivity contribution is 0.0742. The van der Waals surface area contributed by atoms with Crippen LogP contribution in [-0.2, 0) is 7.05 Å². The summed E-state index contributed by atoms with van der Waals surface area (Å²) in [6.07, 6.45) is 3.19. The number of anilines is 1. The molecule has 0 atom stereocenters. The molecule has 0 unspecified atom stereocenters. The number of carbonyl (C=O) groups is 1. The number of pyridine rings is 1. The number of fused-ring (bicyclic) bond motifs is 1. The van der Waals surface area contributed by atoms with Crippen LogP contribution >= 0.6 is 0 Å². The van der Waals surface area contributed by atoms with Crippen LogP contribution in [0.25, 0.3) is 16.7 Å². The van der Waals surface area contributed by atoms with Gasteiger partial charge >= 0.3 is 0 Å². The predicted octanol–water partition coefficient (Wildman–Crippen LogP) is 1.48. The van der Waals surface area contributed by atoms with E-state index in [9.17, 15) is 9.59 Å². The van der Waals surface area contributed by atoms with Crippen LogP contribution in [0.4, 0.5) is 5.82 Å². The second-order valence-corrected chi connectivity index (χ2v) is 7.42. The van der Waals surface area contributed by atoms with Crippen molar-refractivity contribution in [2.75, 3.05) is 31.1 Å². The summed E-state index contributed by atoms with van der Waals surface area (Å²) in [5, 5.41) is 4.54. The summed E-state index contributed by atoms with van der Waals surface area (Å²) in [4.78, 5) is 38.9. The number of piperazine rings is 1. The molecule has 0 saturated carbocycles. The number of carbonyl (C=O) groups excluding carboxylic acids is 1. The van der Waals surface area contributed by atoms with Crippen LogP contribution < -0.4 is 10.5 Å². The molecule has 0 aliphatic carbocycles. The van der Waals surface area contributed by atoms with Crippen LogP contribution in [0, 0.1) is 0 Å². The molecule has 0 N–H and O–H groups in total. The maximum Gasteiger partial charge on any atom is 0.279 e. The van der Waals surface area contributed by atoms with E-state index in [0.29, 0.717) is 42.9 Å². The fourth-order valence-corrected chi connectivity index (χ4v) is 3.82. The number of benzene rings is 1. The van der Waals surface area contributed by atoms with E-state index in [1.165, 1.54) is 15.6 Å². The van der Waals surface area contributed by atoms with Gasteiger partial charge in [0.2, 0.25) is 0 Å². The molecule has 3 aromatic heterocycles. The molecule has 0 spiro atoms. The van der Waals surface area contributed by atoms with Crippen molar-refractivity contribution in [1.29, 1.82) is 0 Å². The normalized spacial score (nSPS) is 14.2. The second-order valence-electron chi connectivity index (χ2n) is 7.42. The van der Waals surface area contributed by atoms with Gasteiger partial charge in [-0.3, -0.25) is 9.59 Å². The summed E-state index contributed by atoms with van der Waals surface area (Å²) in [5.74, 6) is 0.680. The number of rotatable bonds is 3. The Kier molecular flexibility index (Phi) is 4.70. The van der Waals surface area contributed by atoms with Crippen molar-refractivity contribution in [2.24, 2.45) is 7.05 Å². The van der Waals surface area contributed by atoms with E-state index in [-0.39, 0.29) is 17.2 Å². The molecule has 1 fully saturated rings. The van der Waals surface area contributed by atoms with Crippen molar-refractivity contribution in [2.45, 2.75) is 0 Å². The lowest BCUT2D eigenvalue weighted by Gasteiger charge is -2.35. The Morgan fingerprint density at radius 1 is 0.935 bits per heavy atom. The molecule has 1 amide bonds. The molecule has 0 bridgehead atoms. The fraction of sp³-hybridized carbons (Fsp3) is 0.227. The number of hydrogen-bond acceptors (Lipinski definition) is 6. The van der Waals surface area contributed by atoms with Gasteiger partial charge in [0.05, 0.1) is 12.0 Å². The predicted molar refractivity (Wildman–Crippen MR) is 116 cm³/mol. The number of nitrogens with zero attached hydrogens (tertiary/aromatic N) is 7. The third-order valence-electron chi connectivity index (χ3n) is 5.49. The highest BCUT2D eigenvalue weighted by atomic mass is 16.2. The smallest absolute Gasteiger partial charge is 0.279 e. The van der Waals surface area contributed by atoms with E-state index in [4.69, 9.17) is 0 Å². The summed E-state index contributed by atoms with van der Waals surface area (Å²) in [6, 6.07) is 15.1. The molecule has 1 saturated heterocycles. The molecule has 1 aromatic carbocycles. The first kappa shape index (κ1) is 19.0. The summed E-state index contributed by atoms with van der Waals surface area (Å²) in [5.41, 5.74) is 1.27. The number of aryl methyl sites for hydroxylation is 1. The maximum absolute atomic E-state index is 13.4. The largest absolute Gasteiger partial charge is 0.353 e. The number of aromatic nitrogens is 5. The Labute approximate surface area is 178 Å². The highest BCUT2D eigenvalue weighted by molar-refractivity contribution is 6.03. The van der Waals surface area contributed by atoms with E-state index in [0.717, 1.165) is 5.82 Å². The number of hydrogen-bond donors (Lipinski definition) is 0. The minimum atomic E-state index is -0.250. The summed E-state index contributed by atoms with van der Waals surface area (Å²) in [7, 11) is 1.63. The lowest BCUT2D eigenvalue weighted by Crippen LogP contribution is -2.49. The van der Waals surface area contributed by atoms with E-state index >= 15 is 0 Å². The van der Waals surface area contributed by atoms with Crippen LogP contribution in [0.5, 0.6) is 0 Å². The first-order valence-corrected chi connectivity index (χ1v) is 10.1. The second kappa shape index (κ2) is 7.67. The van der Waals surface area contributed by atoms with Crippen molar-refractivity contribution in [1.82, 2.24) is 29.2 Å². The van der Waals surface area contributed by atoms with Gasteiger partial charge in [-0.15, -0.1) is 0 Å². The van der Waals surface area contributed by atoms with Gasteiger partial charge in [-0.05, 0) is 24.3 Å². The molecule has 0 radical (unpaired) electrons. The van der Waals surface area contributed by atoms with Crippen LogP contribution in [-0.4, -0.2) is 61.3 Å². The maximum atomic E-state index is 13.4. The van der Waals surface area contributed by atoms with Crippen molar-refractivity contribution >= 4 is 22.8 Å². The van der Waals surface area contributed by atoms with Gasteiger partial charge in [0.15, 0.2) is 11.2 Å². The van der Waals surface area contributed by atoms with Crippen LogP contribution in [0.1, 0.15) is 10.5 Å². The zero-order chi connectivity index (χ0) is 21.4. The monoisotopic (exact) mass is 415 g/mol. The van der Waals surface area contributed by atoms with Crippen LogP contribution in [0.2, 0.25) is 0 Å². The molecule has 1 aliphatic heterocycles. The molecule has 4 aromatic rings. The molecule has 5 rings (SSSR count). The quantitative estimate of drug-likeness (QED) is 0.504. The van der Waals surface area contributed by atoms with Crippen molar-refractivity contribution in [3.05, 3.63) is 77.1 Å². The molecule has 4 heterocycles. The SMILES string of the molecule is Cn1cnc2c(C(=O)N3CCN(c4ccccn4)CC3)nn(-c3ccccc3)c2c1=O. The van der Waals surface area contributed by atoms with Crippen molar-refractivity contribution < 1.29 is 4.79 Å². The van der Waals surface area contributed by atoms with Gasteiger partial charge in [0.1, 0.15) is 11.3 Å². The molecular formula is C22H21N7O2. The van der Waals surface area contributed by atoms with E-state index in [2.05, 4.69) is 20.0 Å². The Bertz CT molecular complexity index is 1290. The molecule has 1 aliphatic rings. The number of para-hydroxylation sites is 1. The Morgan fingerprint density at radius 2 is 1.68 bits per heavy atom. The van der Waals surface area contributed by atoms with Crippen LogP contribution in [0.15, 0.2) is 65.8 Å². The highest BCUT2D eigenvalue weighted by Crippen LogP contribution is 2.20. The highest BCUT2D eigenvalue weighted by Gasteiger charge is 2.28. The zero-order valence-corrected chi connectivity index (χ0v) is 17.0. The molecule has 9 nitrogen and oxygen atoms in total. The van der Waals surface area contributed by atoms with Gasteiger partial charge in [-0.2, -0.15) is 5.10 Å². The van der Waals surface area contributed by atoms with Crippen molar-refractivity contribution in [3.63, 3.8) is 0 Å². The Hall–Kier alpha value is -4.01. The topological polar surface area (TPSA) is 89.2 Å². The minimum Gasteiger partial charge on any atom is -0.353 e. The summed E-state index contributed by atoms with van der Waals surface area (Å²) < 4.78 is 2.91. The minimum absolute atomic E-state index is 0.197. The molecular weight excluding hydrogens is 394 g/mol. The first-order valence-electron chi connectivity index (χ1n) is 10.1. The van der Waals surface area contributed by atoms with Crippen LogP contribution in [0.3, 0.4) is 0 Å².